The standard InChI is InChI=1S/C15H26N2O10/c1-6(2)10(13(23)17-7(14(24)25)3-9(19)20)16-5-15(26)12(22)11(21)8(18)4-27-15/h6-8,10-12,16,18,21-22,26H,3-5H2,1-2H3,(H,17,23)(H,19,20)(H,24,25). The molecular formula is C15H26N2O10. The molecule has 6 atom stereocenters. The molecule has 1 aliphatic rings. The highest BCUT2D eigenvalue weighted by atomic mass is 16.6. The van der Waals surface area contributed by atoms with Crippen molar-refractivity contribution in [2.24, 2.45) is 5.92 Å². The van der Waals surface area contributed by atoms with Gasteiger partial charge in [0.1, 0.15) is 24.4 Å². The number of aliphatic hydroxyl groups is 4. The number of nitrogens with one attached hydrogen (secondary N) is 2. The fourth-order valence-electron chi connectivity index (χ4n) is 2.57. The van der Waals surface area contributed by atoms with Crippen molar-refractivity contribution in [1.82, 2.24) is 10.6 Å². The first-order valence-electron chi connectivity index (χ1n) is 8.28. The summed E-state index contributed by atoms with van der Waals surface area (Å²) in [6.07, 6.45) is -5.73. The molecule has 6 unspecified atom stereocenters. The Morgan fingerprint density at radius 3 is 2.26 bits per heavy atom. The van der Waals surface area contributed by atoms with Gasteiger partial charge in [-0.2, -0.15) is 0 Å². The van der Waals surface area contributed by atoms with Crippen LogP contribution in [0.15, 0.2) is 0 Å². The Kier molecular flexibility index (Phi) is 8.07. The van der Waals surface area contributed by atoms with Crippen LogP contribution in [-0.4, -0.2) is 97.8 Å². The van der Waals surface area contributed by atoms with Gasteiger partial charge in [-0.25, -0.2) is 4.79 Å². The van der Waals surface area contributed by atoms with Crippen LogP contribution in [0, 0.1) is 5.92 Å². The topological polar surface area (TPSA) is 206 Å². The van der Waals surface area contributed by atoms with Crippen LogP contribution in [0.25, 0.3) is 0 Å². The summed E-state index contributed by atoms with van der Waals surface area (Å²) in [5, 5.41) is 61.8. The Hall–Kier alpha value is -1.83. The van der Waals surface area contributed by atoms with Gasteiger partial charge in [0, 0.05) is 0 Å². The first-order valence-corrected chi connectivity index (χ1v) is 8.28. The van der Waals surface area contributed by atoms with Crippen molar-refractivity contribution in [2.75, 3.05) is 13.2 Å². The predicted molar refractivity (Wildman–Crippen MR) is 87.4 cm³/mol. The van der Waals surface area contributed by atoms with E-state index < -0.39 is 79.5 Å². The molecule has 0 saturated carbocycles. The highest BCUT2D eigenvalue weighted by Crippen LogP contribution is 2.23. The van der Waals surface area contributed by atoms with Crippen LogP contribution in [0.5, 0.6) is 0 Å². The van der Waals surface area contributed by atoms with Crippen LogP contribution in [-0.2, 0) is 19.1 Å². The molecule has 0 aromatic heterocycles. The number of carboxylic acids is 2. The van der Waals surface area contributed by atoms with Crippen molar-refractivity contribution in [3.8, 4) is 0 Å². The molecule has 27 heavy (non-hydrogen) atoms. The van der Waals surface area contributed by atoms with Gasteiger partial charge in [0.2, 0.25) is 11.7 Å². The van der Waals surface area contributed by atoms with Crippen molar-refractivity contribution in [3.63, 3.8) is 0 Å². The molecular weight excluding hydrogens is 368 g/mol. The number of amides is 1. The number of carboxylic acid groups (broad SMARTS) is 2. The third-order valence-corrected chi connectivity index (χ3v) is 4.20. The van der Waals surface area contributed by atoms with Gasteiger partial charge >= 0.3 is 11.9 Å². The summed E-state index contributed by atoms with van der Waals surface area (Å²) in [5.41, 5.74) is 0. The minimum atomic E-state index is -2.29. The van der Waals surface area contributed by atoms with E-state index in [-0.39, 0.29) is 0 Å². The molecule has 1 aliphatic heterocycles. The molecule has 1 heterocycles. The molecule has 1 amide bonds. The molecule has 1 fully saturated rings. The summed E-state index contributed by atoms with van der Waals surface area (Å²) >= 11 is 0. The SMILES string of the molecule is CC(C)C(NCC1(O)OCC(O)C(O)C1O)C(=O)NC(CC(=O)O)C(=O)O. The maximum atomic E-state index is 12.4. The predicted octanol–water partition coefficient (Wildman–Crippen LogP) is -3.55. The van der Waals surface area contributed by atoms with Crippen LogP contribution in [0.4, 0.5) is 0 Å². The van der Waals surface area contributed by atoms with Crippen molar-refractivity contribution < 1.29 is 49.8 Å². The fraction of sp³-hybridized carbons (Fsp3) is 0.800. The number of ether oxygens (including phenoxy) is 1. The normalized spacial score (nSPS) is 30.6. The molecule has 0 bridgehead atoms. The molecule has 0 aliphatic carbocycles. The molecule has 8 N–H and O–H groups in total. The van der Waals surface area contributed by atoms with Crippen molar-refractivity contribution >= 4 is 17.8 Å². The number of aliphatic hydroxyl groups excluding tert-OH is 3. The summed E-state index contributed by atoms with van der Waals surface area (Å²) < 4.78 is 4.97. The van der Waals surface area contributed by atoms with Crippen molar-refractivity contribution in [2.45, 2.75) is 56.5 Å². The number of hydrogen-bond donors (Lipinski definition) is 8. The quantitative estimate of drug-likeness (QED) is 0.192. The minimum absolute atomic E-state index is 0.413. The highest BCUT2D eigenvalue weighted by Gasteiger charge is 2.48. The van der Waals surface area contributed by atoms with Gasteiger partial charge < -0.3 is 46.0 Å². The van der Waals surface area contributed by atoms with Crippen LogP contribution >= 0.6 is 0 Å². The first kappa shape index (κ1) is 23.2. The Labute approximate surface area is 154 Å². The Bertz CT molecular complexity index is 557. The van der Waals surface area contributed by atoms with Crippen molar-refractivity contribution in [1.29, 1.82) is 0 Å². The largest absolute Gasteiger partial charge is 0.481 e. The van der Waals surface area contributed by atoms with E-state index >= 15 is 0 Å². The van der Waals surface area contributed by atoms with E-state index in [1.165, 1.54) is 0 Å². The second-order valence-electron chi connectivity index (χ2n) is 6.76. The van der Waals surface area contributed by atoms with Gasteiger partial charge in [-0.05, 0) is 5.92 Å². The van der Waals surface area contributed by atoms with Gasteiger partial charge in [-0.3, -0.25) is 9.59 Å². The number of rotatable bonds is 9. The number of carbonyl (C=O) groups excluding carboxylic acids is 1. The second-order valence-corrected chi connectivity index (χ2v) is 6.76. The van der Waals surface area contributed by atoms with Gasteiger partial charge in [0.05, 0.1) is 25.6 Å². The number of carbonyl (C=O) groups is 3. The van der Waals surface area contributed by atoms with Crippen LogP contribution in [0.1, 0.15) is 20.3 Å². The van der Waals surface area contributed by atoms with Crippen LogP contribution < -0.4 is 10.6 Å². The summed E-state index contributed by atoms with van der Waals surface area (Å²) in [6.45, 7) is 2.26. The molecule has 0 aromatic carbocycles. The lowest BCUT2D eigenvalue weighted by Crippen LogP contribution is -2.66. The summed E-state index contributed by atoms with van der Waals surface area (Å²) in [7, 11) is 0. The molecule has 12 heteroatoms. The van der Waals surface area contributed by atoms with E-state index in [4.69, 9.17) is 14.9 Å². The average molecular weight is 394 g/mol. The van der Waals surface area contributed by atoms with Crippen molar-refractivity contribution in [3.05, 3.63) is 0 Å². The van der Waals surface area contributed by atoms with Crippen LogP contribution in [0.3, 0.4) is 0 Å². The lowest BCUT2D eigenvalue weighted by molar-refractivity contribution is -0.318. The Morgan fingerprint density at radius 2 is 1.78 bits per heavy atom. The van der Waals surface area contributed by atoms with Gasteiger partial charge in [0.15, 0.2) is 0 Å². The average Bonchev–Trinajstić information content (AvgIpc) is 2.55. The zero-order valence-electron chi connectivity index (χ0n) is 14.9. The minimum Gasteiger partial charge on any atom is -0.481 e. The van der Waals surface area contributed by atoms with E-state index in [2.05, 4.69) is 10.6 Å². The zero-order chi connectivity index (χ0) is 20.9. The third-order valence-electron chi connectivity index (χ3n) is 4.20. The second kappa shape index (κ2) is 9.39. The Balaban J connectivity index is 2.79. The van der Waals surface area contributed by atoms with Crippen LogP contribution in [0.2, 0.25) is 0 Å². The molecule has 0 radical (unpaired) electrons. The van der Waals surface area contributed by atoms with Gasteiger partial charge in [-0.15, -0.1) is 0 Å². The third kappa shape index (κ3) is 6.09. The Morgan fingerprint density at radius 1 is 1.19 bits per heavy atom. The van der Waals surface area contributed by atoms with Gasteiger partial charge in [-0.1, -0.05) is 13.8 Å². The molecule has 12 nitrogen and oxygen atoms in total. The maximum absolute atomic E-state index is 12.4. The van der Waals surface area contributed by atoms with E-state index in [1.807, 2.05) is 0 Å². The molecule has 1 saturated heterocycles. The molecule has 0 spiro atoms. The molecule has 1 rings (SSSR count). The summed E-state index contributed by atoms with van der Waals surface area (Å²) in [4.78, 5) is 34.2. The van der Waals surface area contributed by atoms with E-state index in [1.54, 1.807) is 13.8 Å². The smallest absolute Gasteiger partial charge is 0.326 e. The van der Waals surface area contributed by atoms with Gasteiger partial charge in [0.25, 0.3) is 0 Å². The monoisotopic (exact) mass is 394 g/mol. The van der Waals surface area contributed by atoms with E-state index in [0.717, 1.165) is 0 Å². The summed E-state index contributed by atoms with van der Waals surface area (Å²) in [6, 6.07) is -2.71. The molecule has 0 aromatic rings. The highest BCUT2D eigenvalue weighted by molar-refractivity contribution is 5.89. The first-order chi connectivity index (χ1) is 12.4. The zero-order valence-corrected chi connectivity index (χ0v) is 14.9. The van der Waals surface area contributed by atoms with E-state index in [0.29, 0.717) is 0 Å². The lowest BCUT2D eigenvalue weighted by atomic mass is 9.95. The fourth-order valence-corrected chi connectivity index (χ4v) is 2.57. The van der Waals surface area contributed by atoms with E-state index in [9.17, 15) is 34.8 Å². The number of hydrogen-bond acceptors (Lipinski definition) is 9. The summed E-state index contributed by atoms with van der Waals surface area (Å²) in [5.74, 6) is -6.45. The lowest BCUT2D eigenvalue weighted by Gasteiger charge is -2.42. The molecule has 156 valence electrons. The maximum Gasteiger partial charge on any atom is 0.326 e. The number of aliphatic carboxylic acids is 2.